The minimum atomic E-state index is -0.250. The standard InChI is InChI=1S/C19H30N4O3/c1-15-7-4-5-8-17(15)26-14-6-11-21-18(20-2)22-16-9-12-23(13-10-16)19(24)25-3/h4-5,7-8,16H,6,9-14H2,1-3H3,(H2,20,21,22). The van der Waals surface area contributed by atoms with Gasteiger partial charge in [0.05, 0.1) is 13.7 Å². The summed E-state index contributed by atoms with van der Waals surface area (Å²) in [6.45, 7) is 4.89. The van der Waals surface area contributed by atoms with Crippen molar-refractivity contribution in [3.05, 3.63) is 29.8 Å². The number of benzene rings is 1. The molecule has 7 heteroatoms. The van der Waals surface area contributed by atoms with Gasteiger partial charge in [0.1, 0.15) is 5.75 Å². The van der Waals surface area contributed by atoms with Gasteiger partial charge in [0, 0.05) is 32.7 Å². The zero-order valence-corrected chi connectivity index (χ0v) is 16.0. The first-order valence-electron chi connectivity index (χ1n) is 9.12. The topological polar surface area (TPSA) is 75.2 Å². The van der Waals surface area contributed by atoms with Crippen LogP contribution in [0.1, 0.15) is 24.8 Å². The summed E-state index contributed by atoms with van der Waals surface area (Å²) in [5.74, 6) is 1.73. The fourth-order valence-corrected chi connectivity index (χ4v) is 2.90. The van der Waals surface area contributed by atoms with Crippen LogP contribution in [0.5, 0.6) is 5.75 Å². The maximum Gasteiger partial charge on any atom is 0.409 e. The molecule has 0 unspecified atom stereocenters. The molecule has 1 amide bonds. The Bertz CT molecular complexity index is 598. The Balaban J connectivity index is 1.62. The monoisotopic (exact) mass is 362 g/mol. The first-order valence-corrected chi connectivity index (χ1v) is 9.12. The van der Waals surface area contributed by atoms with Gasteiger partial charge in [0.2, 0.25) is 0 Å². The summed E-state index contributed by atoms with van der Waals surface area (Å²) in [4.78, 5) is 17.5. The molecule has 1 aromatic carbocycles. The van der Waals surface area contributed by atoms with Gasteiger partial charge in [-0.25, -0.2) is 4.79 Å². The van der Waals surface area contributed by atoms with Crippen LogP contribution >= 0.6 is 0 Å². The average Bonchev–Trinajstić information content (AvgIpc) is 2.68. The smallest absolute Gasteiger partial charge is 0.409 e. The molecular weight excluding hydrogens is 332 g/mol. The Morgan fingerprint density at radius 3 is 2.69 bits per heavy atom. The largest absolute Gasteiger partial charge is 0.493 e. The van der Waals surface area contributed by atoms with E-state index in [-0.39, 0.29) is 6.09 Å². The second-order valence-electron chi connectivity index (χ2n) is 6.34. The number of carbonyl (C=O) groups excluding carboxylic acids is 1. The zero-order chi connectivity index (χ0) is 18.8. The summed E-state index contributed by atoms with van der Waals surface area (Å²) in [6, 6.07) is 8.34. The number of ether oxygens (including phenoxy) is 2. The van der Waals surface area contributed by atoms with Gasteiger partial charge >= 0.3 is 6.09 Å². The third-order valence-electron chi connectivity index (χ3n) is 4.46. The predicted octanol–water partition coefficient (Wildman–Crippen LogP) is 2.16. The number of amides is 1. The van der Waals surface area contributed by atoms with E-state index >= 15 is 0 Å². The molecular formula is C19H30N4O3. The van der Waals surface area contributed by atoms with Crippen molar-refractivity contribution >= 4 is 12.1 Å². The normalized spacial score (nSPS) is 15.5. The maximum atomic E-state index is 11.5. The Morgan fingerprint density at radius 2 is 2.04 bits per heavy atom. The van der Waals surface area contributed by atoms with E-state index in [1.807, 2.05) is 31.2 Å². The van der Waals surface area contributed by atoms with Crippen molar-refractivity contribution in [3.8, 4) is 5.75 Å². The number of methoxy groups -OCH3 is 1. The molecule has 0 saturated carbocycles. The van der Waals surface area contributed by atoms with E-state index < -0.39 is 0 Å². The van der Waals surface area contributed by atoms with Crippen molar-refractivity contribution in [3.63, 3.8) is 0 Å². The van der Waals surface area contributed by atoms with E-state index in [1.54, 1.807) is 11.9 Å². The molecule has 0 aliphatic carbocycles. The van der Waals surface area contributed by atoms with Crippen LogP contribution in [0.3, 0.4) is 0 Å². The summed E-state index contributed by atoms with van der Waals surface area (Å²) >= 11 is 0. The van der Waals surface area contributed by atoms with Crippen LogP contribution in [0.2, 0.25) is 0 Å². The number of piperidine rings is 1. The van der Waals surface area contributed by atoms with Crippen molar-refractivity contribution in [2.45, 2.75) is 32.2 Å². The highest BCUT2D eigenvalue weighted by atomic mass is 16.5. The molecule has 1 aromatic rings. The highest BCUT2D eigenvalue weighted by Crippen LogP contribution is 2.16. The molecule has 0 bridgehead atoms. The van der Waals surface area contributed by atoms with Gasteiger partial charge < -0.3 is 25.0 Å². The lowest BCUT2D eigenvalue weighted by Gasteiger charge is -2.32. The van der Waals surface area contributed by atoms with Gasteiger partial charge in [-0.1, -0.05) is 18.2 Å². The van der Waals surface area contributed by atoms with E-state index in [0.717, 1.165) is 43.1 Å². The van der Waals surface area contributed by atoms with Crippen molar-refractivity contribution in [1.82, 2.24) is 15.5 Å². The minimum Gasteiger partial charge on any atom is -0.493 e. The van der Waals surface area contributed by atoms with E-state index in [0.29, 0.717) is 25.7 Å². The third kappa shape index (κ3) is 6.13. The molecule has 1 fully saturated rings. The lowest BCUT2D eigenvalue weighted by Crippen LogP contribution is -2.49. The number of guanidine groups is 1. The number of carbonyl (C=O) groups is 1. The molecule has 1 saturated heterocycles. The number of nitrogens with zero attached hydrogens (tertiary/aromatic N) is 2. The quantitative estimate of drug-likeness (QED) is 0.461. The highest BCUT2D eigenvalue weighted by Gasteiger charge is 2.23. The summed E-state index contributed by atoms with van der Waals surface area (Å²) in [5.41, 5.74) is 1.15. The second-order valence-corrected chi connectivity index (χ2v) is 6.34. The van der Waals surface area contributed by atoms with Crippen LogP contribution < -0.4 is 15.4 Å². The Morgan fingerprint density at radius 1 is 1.31 bits per heavy atom. The Labute approximate surface area is 155 Å². The number of para-hydroxylation sites is 1. The number of rotatable bonds is 6. The molecule has 1 aliphatic heterocycles. The van der Waals surface area contributed by atoms with Crippen LogP contribution in [0.4, 0.5) is 4.79 Å². The van der Waals surface area contributed by atoms with Crippen LogP contribution in [0.25, 0.3) is 0 Å². The minimum absolute atomic E-state index is 0.250. The molecule has 0 spiro atoms. The lowest BCUT2D eigenvalue weighted by molar-refractivity contribution is 0.111. The predicted molar refractivity (Wildman–Crippen MR) is 103 cm³/mol. The first-order chi connectivity index (χ1) is 12.6. The van der Waals surface area contributed by atoms with Crippen LogP contribution in [0.15, 0.2) is 29.3 Å². The van der Waals surface area contributed by atoms with Gasteiger partial charge in [-0.15, -0.1) is 0 Å². The lowest BCUT2D eigenvalue weighted by atomic mass is 10.1. The summed E-state index contributed by atoms with van der Waals surface area (Å²) < 4.78 is 10.6. The van der Waals surface area contributed by atoms with E-state index in [4.69, 9.17) is 9.47 Å². The second kappa shape index (κ2) is 10.5. The summed E-state index contributed by atoms with van der Waals surface area (Å²) in [5, 5.41) is 6.74. The molecule has 144 valence electrons. The van der Waals surface area contributed by atoms with Crippen LogP contribution in [-0.2, 0) is 4.74 Å². The zero-order valence-electron chi connectivity index (χ0n) is 16.0. The van der Waals surface area contributed by atoms with E-state index in [1.165, 1.54) is 7.11 Å². The van der Waals surface area contributed by atoms with Crippen molar-refractivity contribution < 1.29 is 14.3 Å². The molecule has 0 radical (unpaired) electrons. The molecule has 0 atom stereocenters. The van der Waals surface area contributed by atoms with Crippen molar-refractivity contribution in [2.75, 3.05) is 40.4 Å². The fraction of sp³-hybridized carbons (Fsp3) is 0.579. The maximum absolute atomic E-state index is 11.5. The number of hydrogen-bond acceptors (Lipinski definition) is 4. The van der Waals surface area contributed by atoms with Crippen LogP contribution in [-0.4, -0.2) is 63.4 Å². The van der Waals surface area contributed by atoms with E-state index in [2.05, 4.69) is 15.6 Å². The van der Waals surface area contributed by atoms with Gasteiger partial charge in [-0.05, 0) is 37.8 Å². The number of aliphatic imine (C=N–C) groups is 1. The molecule has 2 rings (SSSR count). The number of hydrogen-bond donors (Lipinski definition) is 2. The summed E-state index contributed by atoms with van der Waals surface area (Å²) in [6.07, 6.45) is 2.40. The third-order valence-corrected chi connectivity index (χ3v) is 4.46. The van der Waals surface area contributed by atoms with Gasteiger partial charge in [-0.2, -0.15) is 0 Å². The van der Waals surface area contributed by atoms with Crippen molar-refractivity contribution in [1.29, 1.82) is 0 Å². The average molecular weight is 362 g/mol. The fourth-order valence-electron chi connectivity index (χ4n) is 2.90. The SMILES string of the molecule is CN=C(NCCCOc1ccccc1C)NC1CCN(C(=O)OC)CC1. The highest BCUT2D eigenvalue weighted by molar-refractivity contribution is 5.80. The molecule has 7 nitrogen and oxygen atoms in total. The van der Waals surface area contributed by atoms with Crippen LogP contribution in [0, 0.1) is 6.92 Å². The molecule has 2 N–H and O–H groups in total. The summed E-state index contributed by atoms with van der Waals surface area (Å²) in [7, 11) is 3.18. The van der Waals surface area contributed by atoms with E-state index in [9.17, 15) is 4.79 Å². The first kappa shape index (κ1) is 19.9. The van der Waals surface area contributed by atoms with Crippen molar-refractivity contribution in [2.24, 2.45) is 4.99 Å². The number of likely N-dealkylation sites (tertiary alicyclic amines) is 1. The molecule has 1 aliphatic rings. The van der Waals surface area contributed by atoms with Gasteiger partial charge in [-0.3, -0.25) is 4.99 Å². The van der Waals surface area contributed by atoms with Gasteiger partial charge in [0.25, 0.3) is 0 Å². The Hall–Kier alpha value is -2.44. The number of aryl methyl sites for hydroxylation is 1. The molecule has 1 heterocycles. The van der Waals surface area contributed by atoms with Gasteiger partial charge in [0.15, 0.2) is 5.96 Å². The molecule has 26 heavy (non-hydrogen) atoms. The molecule has 0 aromatic heterocycles. The number of nitrogens with one attached hydrogen (secondary N) is 2. The Kier molecular flexibility index (Phi) is 8.05.